The second kappa shape index (κ2) is 21.2. The van der Waals surface area contributed by atoms with Crippen molar-refractivity contribution in [2.75, 3.05) is 6.54 Å². The zero-order chi connectivity index (χ0) is 30.6. The number of hydrogen-bond acceptors (Lipinski definition) is 6. The number of nitrogens with two attached hydrogens (primary N) is 1. The van der Waals surface area contributed by atoms with E-state index in [0.717, 1.165) is 37.0 Å². The Bertz CT molecular complexity index is 844. The summed E-state index contributed by atoms with van der Waals surface area (Å²) in [5.41, 5.74) is 5.58. The number of nitrogens with one attached hydrogen (secondary N) is 1. The number of rotatable bonds is 21. The lowest BCUT2D eigenvalue weighted by Crippen LogP contribution is -2.56. The molecule has 1 rings (SSSR count). The van der Waals surface area contributed by atoms with Crippen LogP contribution in [0.3, 0.4) is 0 Å². The molecule has 4 amide bonds. The summed E-state index contributed by atoms with van der Waals surface area (Å²) in [5, 5.41) is 2.57. The van der Waals surface area contributed by atoms with E-state index in [1.165, 1.54) is 63.7 Å². The summed E-state index contributed by atoms with van der Waals surface area (Å²) < 4.78 is 0. The van der Waals surface area contributed by atoms with Gasteiger partial charge in [-0.25, -0.2) is 0 Å². The molecule has 1 aliphatic rings. The molecule has 9 heteroatoms. The number of unbranched alkanes of at least 4 members (excludes halogenated alkanes) is 11. The second-order valence-corrected chi connectivity index (χ2v) is 11.5. The van der Waals surface area contributed by atoms with Crippen LogP contribution in [-0.2, 0) is 24.0 Å². The first-order valence-corrected chi connectivity index (χ1v) is 16.0. The number of carbonyl (C=O) groups excluding carboxylic acids is 5. The van der Waals surface area contributed by atoms with Gasteiger partial charge < -0.3 is 20.7 Å². The fraction of sp³-hybridized carbons (Fsp3) is 0.781. The van der Waals surface area contributed by atoms with E-state index in [0.29, 0.717) is 32.1 Å². The number of carbonyl (C=O) groups is 5. The van der Waals surface area contributed by atoms with Crippen LogP contribution in [0.15, 0.2) is 12.2 Å². The van der Waals surface area contributed by atoms with Crippen LogP contribution in [0.4, 0.5) is 0 Å². The number of likely N-dealkylation sites (tertiary alicyclic amines) is 1. The molecule has 0 bridgehead atoms. The number of aldehydes is 1. The molecule has 0 radical (unpaired) electrons. The van der Waals surface area contributed by atoms with E-state index in [4.69, 9.17) is 5.73 Å². The van der Waals surface area contributed by atoms with E-state index in [-0.39, 0.29) is 12.3 Å². The van der Waals surface area contributed by atoms with Crippen molar-refractivity contribution >= 4 is 29.9 Å². The molecule has 0 aromatic rings. The van der Waals surface area contributed by atoms with E-state index in [1.807, 2.05) is 0 Å². The Morgan fingerprint density at radius 3 is 2.02 bits per heavy atom. The van der Waals surface area contributed by atoms with Crippen molar-refractivity contribution < 1.29 is 24.0 Å². The fourth-order valence-corrected chi connectivity index (χ4v) is 5.18. The van der Waals surface area contributed by atoms with Gasteiger partial charge in [0.2, 0.25) is 17.7 Å². The maximum atomic E-state index is 13.5. The van der Waals surface area contributed by atoms with Gasteiger partial charge in [0.05, 0.1) is 12.1 Å². The first-order chi connectivity index (χ1) is 19.6. The normalized spacial score (nSPS) is 17.3. The van der Waals surface area contributed by atoms with Gasteiger partial charge in [-0.3, -0.25) is 24.1 Å². The first kappa shape index (κ1) is 36.5. The number of allylic oxidation sites excluding steroid dienone is 2. The van der Waals surface area contributed by atoms with Crippen molar-refractivity contribution in [3.8, 4) is 0 Å². The smallest absolute Gasteiger partial charge is 0.252 e. The quantitative estimate of drug-likeness (QED) is 0.115. The third-order valence-electron chi connectivity index (χ3n) is 7.73. The lowest BCUT2D eigenvalue weighted by molar-refractivity contribution is -0.154. The highest BCUT2D eigenvalue weighted by Gasteiger charge is 2.41. The number of imide groups is 1. The molecule has 1 saturated heterocycles. The molecule has 9 nitrogen and oxygen atoms in total. The molecule has 1 aliphatic heterocycles. The number of amides is 4. The molecule has 1 heterocycles. The van der Waals surface area contributed by atoms with E-state index >= 15 is 0 Å². The molecule has 1 fully saturated rings. The zero-order valence-electron chi connectivity index (χ0n) is 26.1. The Morgan fingerprint density at radius 1 is 0.902 bits per heavy atom. The molecular weight excluding hydrogens is 520 g/mol. The van der Waals surface area contributed by atoms with Crippen molar-refractivity contribution in [1.29, 1.82) is 0 Å². The third-order valence-corrected chi connectivity index (χ3v) is 7.73. The fourth-order valence-electron chi connectivity index (χ4n) is 5.18. The van der Waals surface area contributed by atoms with Crippen molar-refractivity contribution in [2.45, 2.75) is 155 Å². The minimum Gasteiger partial charge on any atom is -0.343 e. The van der Waals surface area contributed by atoms with Gasteiger partial charge in [0.1, 0.15) is 18.4 Å². The lowest BCUT2D eigenvalue weighted by Gasteiger charge is -2.32. The van der Waals surface area contributed by atoms with Gasteiger partial charge in [-0.1, -0.05) is 70.4 Å². The molecule has 0 aromatic heterocycles. The molecule has 4 atom stereocenters. The molecule has 0 aromatic carbocycles. The van der Waals surface area contributed by atoms with E-state index in [2.05, 4.69) is 24.4 Å². The molecule has 3 N–H and O–H groups in total. The van der Waals surface area contributed by atoms with Gasteiger partial charge in [0.25, 0.3) is 5.91 Å². The van der Waals surface area contributed by atoms with Gasteiger partial charge in [-0.15, -0.1) is 0 Å². The molecule has 234 valence electrons. The molecule has 41 heavy (non-hydrogen) atoms. The van der Waals surface area contributed by atoms with Crippen LogP contribution < -0.4 is 11.1 Å². The summed E-state index contributed by atoms with van der Waals surface area (Å²) in [6, 6.07) is -3.37. The zero-order valence-corrected chi connectivity index (χ0v) is 26.1. The van der Waals surface area contributed by atoms with Crippen LogP contribution in [0.5, 0.6) is 0 Å². The Labute approximate surface area is 248 Å². The average molecular weight is 577 g/mol. The second-order valence-electron chi connectivity index (χ2n) is 11.5. The monoisotopic (exact) mass is 576 g/mol. The Balaban J connectivity index is 2.45. The van der Waals surface area contributed by atoms with Crippen molar-refractivity contribution in [2.24, 2.45) is 5.73 Å². The van der Waals surface area contributed by atoms with E-state index in [1.54, 1.807) is 6.92 Å². The predicted molar refractivity (Wildman–Crippen MR) is 163 cm³/mol. The number of hydrogen-bond donors (Lipinski definition) is 2. The van der Waals surface area contributed by atoms with Gasteiger partial charge in [-0.2, -0.15) is 0 Å². The summed E-state index contributed by atoms with van der Waals surface area (Å²) in [4.78, 5) is 65.5. The predicted octanol–water partition coefficient (Wildman–Crippen LogP) is 4.81. The maximum Gasteiger partial charge on any atom is 0.252 e. The van der Waals surface area contributed by atoms with Crippen molar-refractivity contribution in [1.82, 2.24) is 15.1 Å². The minimum atomic E-state index is -0.911. The Hall–Kier alpha value is -2.55. The highest BCUT2D eigenvalue weighted by Crippen LogP contribution is 2.22. The molecule has 0 spiro atoms. The standard InChI is InChI=1S/C32H56N4O5/c1-5-6-7-8-9-10-11-12-13-14-15-16-17-18-19-22-29(38)36(25(2)24-37)32(41)28-21-20-23-35(28)31(40)27(4)34-30(39)26(3)33/h12-13,24-28H,5-11,14-23,33H2,1-4H3,(H,34,39)/b13-12-/t25-,26-,27-,28-/m0/s1. The van der Waals surface area contributed by atoms with Gasteiger partial charge in [-0.05, 0) is 65.7 Å². The summed E-state index contributed by atoms with van der Waals surface area (Å²) in [6.45, 7) is 7.18. The van der Waals surface area contributed by atoms with Gasteiger partial charge in [0.15, 0.2) is 0 Å². The van der Waals surface area contributed by atoms with E-state index < -0.39 is 41.9 Å². The summed E-state index contributed by atoms with van der Waals surface area (Å²) >= 11 is 0. The third kappa shape index (κ3) is 13.8. The van der Waals surface area contributed by atoms with Crippen molar-refractivity contribution in [3.05, 3.63) is 12.2 Å². The lowest BCUT2D eigenvalue weighted by atomic mass is 10.1. The van der Waals surface area contributed by atoms with Crippen LogP contribution in [0.2, 0.25) is 0 Å². The Morgan fingerprint density at radius 2 is 1.46 bits per heavy atom. The minimum absolute atomic E-state index is 0.184. The van der Waals surface area contributed by atoms with Gasteiger partial charge >= 0.3 is 0 Å². The summed E-state index contributed by atoms with van der Waals surface area (Å²) in [5.74, 6) is -1.78. The SMILES string of the molecule is CCCCCCCC/C=C\CCCCCCCC(=O)N(C(=O)[C@@H]1CCCN1C(=O)[C@H](C)NC(=O)[C@H](C)N)[C@@H](C)C=O. The van der Waals surface area contributed by atoms with Crippen LogP contribution in [0, 0.1) is 0 Å². The van der Waals surface area contributed by atoms with Crippen LogP contribution in [0.25, 0.3) is 0 Å². The largest absolute Gasteiger partial charge is 0.343 e. The summed E-state index contributed by atoms with van der Waals surface area (Å²) in [6.07, 6.45) is 21.3. The molecule has 0 unspecified atom stereocenters. The highest BCUT2D eigenvalue weighted by atomic mass is 16.2. The van der Waals surface area contributed by atoms with Crippen LogP contribution >= 0.6 is 0 Å². The molecule has 0 saturated carbocycles. The van der Waals surface area contributed by atoms with Crippen LogP contribution in [0.1, 0.15) is 130 Å². The number of nitrogens with zero attached hydrogens (tertiary/aromatic N) is 2. The van der Waals surface area contributed by atoms with Gasteiger partial charge in [0, 0.05) is 13.0 Å². The van der Waals surface area contributed by atoms with Crippen molar-refractivity contribution in [3.63, 3.8) is 0 Å². The average Bonchev–Trinajstić information content (AvgIpc) is 3.44. The van der Waals surface area contributed by atoms with Crippen LogP contribution in [-0.4, -0.2) is 70.4 Å². The maximum absolute atomic E-state index is 13.5. The molecular formula is C32H56N4O5. The Kier molecular flexibility index (Phi) is 18.9. The molecule has 0 aliphatic carbocycles. The topological polar surface area (TPSA) is 130 Å². The highest BCUT2D eigenvalue weighted by molar-refractivity contribution is 6.02. The van der Waals surface area contributed by atoms with E-state index in [9.17, 15) is 24.0 Å². The summed E-state index contributed by atoms with van der Waals surface area (Å²) in [7, 11) is 0. The first-order valence-electron chi connectivity index (χ1n) is 16.0.